The average molecular weight is 378 g/mol. The molecule has 2 N–H and O–H groups in total. The van der Waals surface area contributed by atoms with Gasteiger partial charge in [-0.1, -0.05) is 17.7 Å². The van der Waals surface area contributed by atoms with Crippen molar-refractivity contribution in [3.05, 3.63) is 59.2 Å². The predicted octanol–water partition coefficient (Wildman–Crippen LogP) is 3.65. The molecule has 0 bridgehead atoms. The van der Waals surface area contributed by atoms with Crippen LogP contribution < -0.4 is 10.1 Å². The largest absolute Gasteiger partial charge is 0.490 e. The van der Waals surface area contributed by atoms with Crippen LogP contribution in [0, 0.1) is 18.3 Å². The van der Waals surface area contributed by atoms with Crippen molar-refractivity contribution in [2.24, 2.45) is 0 Å². The SMILES string of the molecule is Cc1ccc(OC[C@](C)(O)C(=O)Nc2ccc(C#N)c(C(F)(F)F)c2)cc1. The number of amides is 1. The lowest BCUT2D eigenvalue weighted by molar-refractivity contribution is -0.138. The molecule has 1 atom stereocenters. The first-order valence-electron chi connectivity index (χ1n) is 7.87. The van der Waals surface area contributed by atoms with E-state index >= 15 is 0 Å². The zero-order valence-electron chi connectivity index (χ0n) is 14.6. The van der Waals surface area contributed by atoms with E-state index in [1.54, 1.807) is 24.3 Å². The van der Waals surface area contributed by atoms with Crippen LogP contribution in [0.1, 0.15) is 23.6 Å². The van der Waals surface area contributed by atoms with Crippen molar-refractivity contribution >= 4 is 11.6 Å². The van der Waals surface area contributed by atoms with Gasteiger partial charge in [0.15, 0.2) is 5.60 Å². The topological polar surface area (TPSA) is 82.3 Å². The van der Waals surface area contributed by atoms with E-state index in [2.05, 4.69) is 5.32 Å². The average Bonchev–Trinajstić information content (AvgIpc) is 2.60. The van der Waals surface area contributed by atoms with Crippen LogP contribution in [0.2, 0.25) is 0 Å². The highest BCUT2D eigenvalue weighted by atomic mass is 19.4. The van der Waals surface area contributed by atoms with Gasteiger partial charge in [-0.25, -0.2) is 0 Å². The number of nitrogens with one attached hydrogen (secondary N) is 1. The Labute approximate surface area is 154 Å². The molecular weight excluding hydrogens is 361 g/mol. The first kappa shape index (κ1) is 20.3. The monoisotopic (exact) mass is 378 g/mol. The smallest absolute Gasteiger partial charge is 0.417 e. The molecule has 0 fully saturated rings. The number of anilines is 1. The molecule has 1 amide bonds. The van der Waals surface area contributed by atoms with Gasteiger partial charge in [-0.05, 0) is 44.2 Å². The number of carbonyl (C=O) groups is 1. The molecule has 0 aliphatic rings. The Balaban J connectivity index is 2.11. The molecule has 142 valence electrons. The van der Waals surface area contributed by atoms with Crippen LogP contribution in [0.25, 0.3) is 0 Å². The van der Waals surface area contributed by atoms with Gasteiger partial charge in [-0.3, -0.25) is 4.79 Å². The predicted molar refractivity (Wildman–Crippen MR) is 92.1 cm³/mol. The molecule has 0 unspecified atom stereocenters. The van der Waals surface area contributed by atoms with E-state index in [4.69, 9.17) is 10.00 Å². The Morgan fingerprint density at radius 3 is 2.41 bits per heavy atom. The van der Waals surface area contributed by atoms with Gasteiger partial charge in [-0.15, -0.1) is 0 Å². The van der Waals surface area contributed by atoms with Crippen molar-refractivity contribution in [1.82, 2.24) is 0 Å². The molecule has 2 aromatic carbocycles. The second-order valence-corrected chi connectivity index (χ2v) is 6.20. The number of aliphatic hydroxyl groups is 1. The molecule has 2 rings (SSSR count). The fourth-order valence-electron chi connectivity index (χ4n) is 2.14. The number of rotatable bonds is 5. The van der Waals surface area contributed by atoms with E-state index < -0.39 is 35.4 Å². The highest BCUT2D eigenvalue weighted by Crippen LogP contribution is 2.33. The van der Waals surface area contributed by atoms with Crippen LogP contribution in [0.15, 0.2) is 42.5 Å². The number of halogens is 3. The first-order chi connectivity index (χ1) is 12.5. The quantitative estimate of drug-likeness (QED) is 0.832. The van der Waals surface area contributed by atoms with Crippen molar-refractivity contribution in [3.63, 3.8) is 0 Å². The maximum absolute atomic E-state index is 13.0. The number of nitrogens with zero attached hydrogens (tertiary/aromatic N) is 1. The summed E-state index contributed by atoms with van der Waals surface area (Å²) in [5.74, 6) is -0.501. The van der Waals surface area contributed by atoms with E-state index in [0.717, 1.165) is 17.7 Å². The first-order valence-corrected chi connectivity index (χ1v) is 7.87. The Kier molecular flexibility index (Phi) is 5.76. The van der Waals surface area contributed by atoms with E-state index in [9.17, 15) is 23.1 Å². The van der Waals surface area contributed by atoms with Crippen molar-refractivity contribution < 1.29 is 27.8 Å². The molecule has 0 heterocycles. The van der Waals surface area contributed by atoms with E-state index in [-0.39, 0.29) is 5.69 Å². The molecule has 0 radical (unpaired) electrons. The minimum Gasteiger partial charge on any atom is -0.490 e. The van der Waals surface area contributed by atoms with E-state index in [1.165, 1.54) is 13.0 Å². The molecule has 0 spiro atoms. The molecule has 27 heavy (non-hydrogen) atoms. The number of hydrogen-bond donors (Lipinski definition) is 2. The fourth-order valence-corrected chi connectivity index (χ4v) is 2.14. The number of carbonyl (C=O) groups excluding carboxylic acids is 1. The van der Waals surface area contributed by atoms with Gasteiger partial charge in [0.2, 0.25) is 0 Å². The molecule has 0 saturated heterocycles. The van der Waals surface area contributed by atoms with Crippen molar-refractivity contribution in [3.8, 4) is 11.8 Å². The summed E-state index contributed by atoms with van der Waals surface area (Å²) < 4.78 is 44.3. The lowest BCUT2D eigenvalue weighted by Gasteiger charge is -2.23. The minimum atomic E-state index is -4.75. The lowest BCUT2D eigenvalue weighted by Crippen LogP contribution is -2.45. The summed E-state index contributed by atoms with van der Waals surface area (Å²) >= 11 is 0. The van der Waals surface area contributed by atoms with Gasteiger partial charge in [0, 0.05) is 5.69 Å². The fraction of sp³-hybridized carbons (Fsp3) is 0.263. The number of hydrogen-bond acceptors (Lipinski definition) is 4. The van der Waals surface area contributed by atoms with Crippen LogP contribution in [0.3, 0.4) is 0 Å². The summed E-state index contributed by atoms with van der Waals surface area (Å²) in [6, 6.07) is 11.1. The second kappa shape index (κ2) is 7.68. The van der Waals surface area contributed by atoms with E-state index in [1.807, 2.05) is 6.92 Å². The minimum absolute atomic E-state index is 0.193. The maximum atomic E-state index is 13.0. The molecule has 5 nitrogen and oxygen atoms in total. The van der Waals surface area contributed by atoms with Gasteiger partial charge in [0.05, 0.1) is 17.2 Å². The number of aryl methyl sites for hydroxylation is 1. The number of benzene rings is 2. The number of nitriles is 1. The molecule has 8 heteroatoms. The van der Waals surface area contributed by atoms with Crippen LogP contribution in [0.4, 0.5) is 18.9 Å². The molecule has 0 aromatic heterocycles. The zero-order valence-corrected chi connectivity index (χ0v) is 14.6. The van der Waals surface area contributed by atoms with Crippen molar-refractivity contribution in [2.75, 3.05) is 11.9 Å². The summed E-state index contributed by atoms with van der Waals surface area (Å²) in [6.45, 7) is 2.68. The van der Waals surface area contributed by atoms with Crippen molar-refractivity contribution in [1.29, 1.82) is 5.26 Å². The third kappa shape index (κ3) is 5.21. The third-order valence-corrected chi connectivity index (χ3v) is 3.73. The lowest BCUT2D eigenvalue weighted by atomic mass is 10.1. The van der Waals surface area contributed by atoms with Gasteiger partial charge in [-0.2, -0.15) is 18.4 Å². The Morgan fingerprint density at radius 1 is 1.22 bits per heavy atom. The van der Waals surface area contributed by atoms with Crippen LogP contribution in [-0.2, 0) is 11.0 Å². The van der Waals surface area contributed by atoms with Crippen LogP contribution >= 0.6 is 0 Å². The van der Waals surface area contributed by atoms with Gasteiger partial charge in [0.25, 0.3) is 5.91 Å². The summed E-state index contributed by atoms with van der Waals surface area (Å²) in [5, 5.41) is 21.3. The normalized spacial score (nSPS) is 13.4. The highest BCUT2D eigenvalue weighted by Gasteiger charge is 2.35. The van der Waals surface area contributed by atoms with Gasteiger partial charge < -0.3 is 15.2 Å². The number of alkyl halides is 3. The molecule has 0 aliphatic heterocycles. The van der Waals surface area contributed by atoms with Crippen molar-refractivity contribution in [2.45, 2.75) is 25.6 Å². The molecular formula is C19H17F3N2O3. The summed E-state index contributed by atoms with van der Waals surface area (Å²) in [7, 11) is 0. The van der Waals surface area contributed by atoms with Crippen LogP contribution in [0.5, 0.6) is 5.75 Å². The van der Waals surface area contributed by atoms with E-state index in [0.29, 0.717) is 11.8 Å². The standard InChI is InChI=1S/C19H17F3N2O3/c1-12-3-7-15(8-4-12)27-11-18(2,26)17(25)24-14-6-5-13(10-23)16(9-14)19(20,21)22/h3-9,26H,11H2,1-2H3,(H,24,25)/t18-/m0/s1. The van der Waals surface area contributed by atoms with Crippen LogP contribution in [-0.4, -0.2) is 23.2 Å². The summed E-state index contributed by atoms with van der Waals surface area (Å²) in [4.78, 5) is 12.2. The molecule has 2 aromatic rings. The highest BCUT2D eigenvalue weighted by molar-refractivity contribution is 5.97. The molecule has 0 saturated carbocycles. The zero-order chi connectivity index (χ0) is 20.2. The maximum Gasteiger partial charge on any atom is 0.417 e. The third-order valence-electron chi connectivity index (χ3n) is 3.73. The number of ether oxygens (including phenoxy) is 1. The Morgan fingerprint density at radius 2 is 1.85 bits per heavy atom. The summed E-state index contributed by atoms with van der Waals surface area (Å²) in [5.41, 5.74) is -2.90. The Hall–Kier alpha value is -3.05. The second-order valence-electron chi connectivity index (χ2n) is 6.20. The molecule has 0 aliphatic carbocycles. The van der Waals surface area contributed by atoms with Gasteiger partial charge in [0.1, 0.15) is 12.4 Å². The summed E-state index contributed by atoms with van der Waals surface area (Å²) in [6.07, 6.45) is -4.75. The van der Waals surface area contributed by atoms with Gasteiger partial charge >= 0.3 is 6.18 Å². The Bertz CT molecular complexity index is 869.